The van der Waals surface area contributed by atoms with Crippen LogP contribution in [0.3, 0.4) is 0 Å². The lowest BCUT2D eigenvalue weighted by atomic mass is 10.1. The predicted molar refractivity (Wildman–Crippen MR) is 129 cm³/mol. The molecule has 1 fully saturated rings. The van der Waals surface area contributed by atoms with Gasteiger partial charge in [-0.3, -0.25) is 4.99 Å². The highest BCUT2D eigenvalue weighted by Gasteiger charge is 2.40. The maximum absolute atomic E-state index is 12.2. The SMILES string of the molecule is CCOc1ccc(CCNC(=NC)N2CCS(=O)(=O)C(C)(C)C2)cc1OCC.I. The Labute approximate surface area is 192 Å². The van der Waals surface area contributed by atoms with Gasteiger partial charge < -0.3 is 19.7 Å². The van der Waals surface area contributed by atoms with Gasteiger partial charge in [0.1, 0.15) is 0 Å². The number of ether oxygens (including phenoxy) is 2. The second-order valence-electron chi connectivity index (χ2n) is 7.37. The van der Waals surface area contributed by atoms with Gasteiger partial charge in [-0.05, 0) is 51.8 Å². The molecule has 1 aromatic carbocycles. The van der Waals surface area contributed by atoms with Crippen LogP contribution in [-0.4, -0.2) is 69.7 Å². The second-order valence-corrected chi connectivity index (χ2v) is 10.1. The highest BCUT2D eigenvalue weighted by Crippen LogP contribution is 2.28. The quantitative estimate of drug-likeness (QED) is 0.326. The molecule has 0 aromatic heterocycles. The van der Waals surface area contributed by atoms with Gasteiger partial charge in [0.05, 0.1) is 23.7 Å². The zero-order chi connectivity index (χ0) is 20.8. The van der Waals surface area contributed by atoms with Crippen LogP contribution in [0.4, 0.5) is 0 Å². The molecule has 0 bridgehead atoms. The van der Waals surface area contributed by atoms with Gasteiger partial charge in [0.2, 0.25) is 0 Å². The van der Waals surface area contributed by atoms with E-state index in [1.165, 1.54) is 0 Å². The molecule has 1 aromatic rings. The molecule has 29 heavy (non-hydrogen) atoms. The minimum Gasteiger partial charge on any atom is -0.490 e. The van der Waals surface area contributed by atoms with Crippen LogP contribution in [0.15, 0.2) is 23.2 Å². The van der Waals surface area contributed by atoms with Crippen molar-refractivity contribution in [3.05, 3.63) is 23.8 Å². The summed E-state index contributed by atoms with van der Waals surface area (Å²) in [6.45, 7) is 10.2. The number of rotatable bonds is 7. The molecule has 1 N–H and O–H groups in total. The lowest BCUT2D eigenvalue weighted by molar-refractivity contribution is 0.287. The highest BCUT2D eigenvalue weighted by atomic mass is 127. The number of sulfone groups is 1. The number of benzene rings is 1. The number of nitrogens with one attached hydrogen (secondary N) is 1. The van der Waals surface area contributed by atoms with Crippen molar-refractivity contribution in [2.24, 2.45) is 4.99 Å². The van der Waals surface area contributed by atoms with Crippen molar-refractivity contribution in [2.75, 3.05) is 45.6 Å². The first-order chi connectivity index (χ1) is 13.2. The third-order valence-corrected chi connectivity index (χ3v) is 7.39. The first kappa shape index (κ1) is 25.8. The molecule has 2 rings (SSSR count). The zero-order valence-corrected chi connectivity index (χ0v) is 21.2. The van der Waals surface area contributed by atoms with Gasteiger partial charge in [0, 0.05) is 26.7 Å². The Morgan fingerprint density at radius 1 is 1.21 bits per heavy atom. The standard InChI is InChI=1S/C20H33N3O4S.HI/c1-6-26-17-9-8-16(14-18(17)27-7-2)10-11-22-19(21-5)23-12-13-28(24,25)20(3,4)15-23;/h8-9,14H,6-7,10-13,15H2,1-5H3,(H,21,22);1H. The molecule has 1 aliphatic rings. The van der Waals surface area contributed by atoms with Crippen LogP contribution in [-0.2, 0) is 16.3 Å². The Kier molecular flexibility index (Phi) is 10.0. The molecule has 1 heterocycles. The number of hydrogen-bond donors (Lipinski definition) is 1. The van der Waals surface area contributed by atoms with E-state index in [0.717, 1.165) is 29.4 Å². The van der Waals surface area contributed by atoms with Crippen molar-refractivity contribution in [3.8, 4) is 11.5 Å². The van der Waals surface area contributed by atoms with Crippen LogP contribution in [0.2, 0.25) is 0 Å². The molecular formula is C20H34IN3O4S. The Morgan fingerprint density at radius 2 is 1.86 bits per heavy atom. The minimum absolute atomic E-state index is 0. The molecule has 0 spiro atoms. The van der Waals surface area contributed by atoms with E-state index >= 15 is 0 Å². The smallest absolute Gasteiger partial charge is 0.193 e. The van der Waals surface area contributed by atoms with Crippen molar-refractivity contribution in [1.82, 2.24) is 10.2 Å². The van der Waals surface area contributed by atoms with E-state index in [1.54, 1.807) is 20.9 Å². The number of nitrogens with zero attached hydrogens (tertiary/aromatic N) is 2. The topological polar surface area (TPSA) is 80.2 Å². The summed E-state index contributed by atoms with van der Waals surface area (Å²) in [4.78, 5) is 6.35. The summed E-state index contributed by atoms with van der Waals surface area (Å²) in [5, 5.41) is 3.35. The zero-order valence-electron chi connectivity index (χ0n) is 18.0. The summed E-state index contributed by atoms with van der Waals surface area (Å²) in [5.41, 5.74) is 1.14. The molecule has 1 aliphatic heterocycles. The summed E-state index contributed by atoms with van der Waals surface area (Å²) < 4.78 is 34.9. The lowest BCUT2D eigenvalue weighted by Gasteiger charge is -2.39. The van der Waals surface area contributed by atoms with Crippen molar-refractivity contribution in [2.45, 2.75) is 38.9 Å². The Hall–Kier alpha value is -1.23. The van der Waals surface area contributed by atoms with Crippen LogP contribution in [0, 0.1) is 0 Å². The summed E-state index contributed by atoms with van der Waals surface area (Å²) in [6, 6.07) is 5.99. The lowest BCUT2D eigenvalue weighted by Crippen LogP contribution is -2.57. The molecule has 9 heteroatoms. The van der Waals surface area contributed by atoms with Crippen molar-refractivity contribution in [1.29, 1.82) is 0 Å². The van der Waals surface area contributed by atoms with E-state index in [9.17, 15) is 8.42 Å². The Bertz CT molecular complexity index is 797. The van der Waals surface area contributed by atoms with E-state index in [4.69, 9.17) is 9.47 Å². The van der Waals surface area contributed by atoms with Gasteiger partial charge in [0.15, 0.2) is 27.3 Å². The predicted octanol–water partition coefficient (Wildman–Crippen LogP) is 2.73. The van der Waals surface area contributed by atoms with Crippen molar-refractivity contribution < 1.29 is 17.9 Å². The largest absolute Gasteiger partial charge is 0.490 e. The van der Waals surface area contributed by atoms with Gasteiger partial charge in [0.25, 0.3) is 0 Å². The molecule has 0 amide bonds. The average Bonchev–Trinajstić information content (AvgIpc) is 2.64. The number of hydrogen-bond acceptors (Lipinski definition) is 5. The molecule has 1 saturated heterocycles. The van der Waals surface area contributed by atoms with Crippen LogP contribution in [0.25, 0.3) is 0 Å². The van der Waals surface area contributed by atoms with Crippen LogP contribution in [0.5, 0.6) is 11.5 Å². The van der Waals surface area contributed by atoms with Gasteiger partial charge in [-0.2, -0.15) is 0 Å². The molecule has 0 atom stereocenters. The molecule has 0 unspecified atom stereocenters. The second kappa shape index (κ2) is 11.2. The first-order valence-corrected chi connectivity index (χ1v) is 11.5. The first-order valence-electron chi connectivity index (χ1n) is 9.80. The molecular weight excluding hydrogens is 505 g/mol. The highest BCUT2D eigenvalue weighted by molar-refractivity contribution is 14.0. The maximum Gasteiger partial charge on any atom is 0.193 e. The fourth-order valence-electron chi connectivity index (χ4n) is 3.23. The van der Waals surface area contributed by atoms with Gasteiger partial charge in [-0.25, -0.2) is 8.42 Å². The molecule has 7 nitrogen and oxygen atoms in total. The fraction of sp³-hybridized carbons (Fsp3) is 0.650. The van der Waals surface area contributed by atoms with Crippen LogP contribution < -0.4 is 14.8 Å². The van der Waals surface area contributed by atoms with Gasteiger partial charge in [-0.1, -0.05) is 6.07 Å². The fourth-order valence-corrected chi connectivity index (χ4v) is 4.59. The Morgan fingerprint density at radius 3 is 2.45 bits per heavy atom. The molecule has 0 aliphatic carbocycles. The Balaban J connectivity index is 0.00000420. The maximum atomic E-state index is 12.2. The van der Waals surface area contributed by atoms with E-state index in [1.807, 2.05) is 36.9 Å². The number of aliphatic imine (C=N–C) groups is 1. The summed E-state index contributed by atoms with van der Waals surface area (Å²) in [5.74, 6) is 2.40. The third-order valence-electron chi connectivity index (χ3n) is 4.86. The van der Waals surface area contributed by atoms with E-state index in [2.05, 4.69) is 10.3 Å². The normalized spacial score (nSPS) is 18.0. The molecule has 0 radical (unpaired) electrons. The van der Waals surface area contributed by atoms with Crippen molar-refractivity contribution in [3.63, 3.8) is 0 Å². The summed E-state index contributed by atoms with van der Waals surface area (Å²) >= 11 is 0. The summed E-state index contributed by atoms with van der Waals surface area (Å²) in [6.07, 6.45) is 0.793. The van der Waals surface area contributed by atoms with E-state index in [-0.39, 0.29) is 29.7 Å². The molecule has 0 saturated carbocycles. The van der Waals surface area contributed by atoms with Crippen LogP contribution >= 0.6 is 24.0 Å². The third kappa shape index (κ3) is 6.63. The average molecular weight is 539 g/mol. The van der Waals surface area contributed by atoms with E-state index in [0.29, 0.717) is 32.8 Å². The van der Waals surface area contributed by atoms with Crippen molar-refractivity contribution >= 4 is 39.8 Å². The summed E-state index contributed by atoms with van der Waals surface area (Å²) in [7, 11) is -1.34. The number of guanidine groups is 1. The van der Waals surface area contributed by atoms with E-state index < -0.39 is 14.6 Å². The van der Waals surface area contributed by atoms with Gasteiger partial charge in [-0.15, -0.1) is 24.0 Å². The number of halogens is 1. The monoisotopic (exact) mass is 539 g/mol. The minimum atomic E-state index is -3.07. The molecule has 166 valence electrons. The van der Waals surface area contributed by atoms with Crippen LogP contribution in [0.1, 0.15) is 33.3 Å². The van der Waals surface area contributed by atoms with Gasteiger partial charge >= 0.3 is 0 Å².